The van der Waals surface area contributed by atoms with Crippen molar-refractivity contribution in [2.45, 2.75) is 44.8 Å². The quantitative estimate of drug-likeness (QED) is 0.245. The zero-order valence-corrected chi connectivity index (χ0v) is 24.4. The highest BCUT2D eigenvalue weighted by Gasteiger charge is 2.43. The number of hydrogen-bond donors (Lipinski definition) is 4. The Morgan fingerprint density at radius 1 is 1.05 bits per heavy atom. The van der Waals surface area contributed by atoms with Crippen molar-refractivity contribution in [2.24, 2.45) is 5.92 Å². The molecular formula is C33H38F3N3O4. The average Bonchev–Trinajstić information content (AvgIpc) is 3.00. The van der Waals surface area contributed by atoms with Gasteiger partial charge in [-0.05, 0) is 81.1 Å². The summed E-state index contributed by atoms with van der Waals surface area (Å²) in [5.74, 6) is -3.70. The van der Waals surface area contributed by atoms with Crippen molar-refractivity contribution in [1.29, 1.82) is 0 Å². The third-order valence-electron chi connectivity index (χ3n) is 8.10. The van der Waals surface area contributed by atoms with Crippen LogP contribution in [0, 0.1) is 30.3 Å². The van der Waals surface area contributed by atoms with Crippen LogP contribution in [0.15, 0.2) is 54.6 Å². The van der Waals surface area contributed by atoms with E-state index in [0.29, 0.717) is 37.1 Å². The molecular weight excluding hydrogens is 559 g/mol. The van der Waals surface area contributed by atoms with Gasteiger partial charge in [-0.2, -0.15) is 0 Å². The summed E-state index contributed by atoms with van der Waals surface area (Å²) in [5, 5.41) is 27.1. The summed E-state index contributed by atoms with van der Waals surface area (Å²) in [7, 11) is 1.74. The van der Waals surface area contributed by atoms with Gasteiger partial charge in [-0.3, -0.25) is 9.59 Å². The van der Waals surface area contributed by atoms with Crippen molar-refractivity contribution in [3.63, 3.8) is 0 Å². The average molecular weight is 598 g/mol. The van der Waals surface area contributed by atoms with Gasteiger partial charge >= 0.3 is 0 Å². The summed E-state index contributed by atoms with van der Waals surface area (Å²) in [4.78, 5) is 26.6. The largest absolute Gasteiger partial charge is 0.387 e. The van der Waals surface area contributed by atoms with E-state index in [1.54, 1.807) is 32.2 Å². The van der Waals surface area contributed by atoms with Crippen molar-refractivity contribution in [2.75, 3.05) is 33.3 Å². The summed E-state index contributed by atoms with van der Waals surface area (Å²) in [5.41, 5.74) is -0.314. The molecule has 0 aromatic heterocycles. The van der Waals surface area contributed by atoms with Crippen molar-refractivity contribution in [3.05, 3.63) is 94.3 Å². The van der Waals surface area contributed by atoms with E-state index in [2.05, 4.69) is 10.6 Å². The fourth-order valence-electron chi connectivity index (χ4n) is 5.96. The molecule has 0 radical (unpaired) electrons. The number of likely N-dealkylation sites (tertiary alicyclic amines) is 1. The number of hydrogen-bond acceptors (Lipinski definition) is 5. The van der Waals surface area contributed by atoms with Crippen molar-refractivity contribution < 1.29 is 33.0 Å². The Morgan fingerprint density at radius 3 is 2.56 bits per heavy atom. The number of nitrogens with one attached hydrogen (secondary N) is 2. The van der Waals surface area contributed by atoms with Crippen LogP contribution in [0.3, 0.4) is 0 Å². The first-order valence-corrected chi connectivity index (χ1v) is 14.5. The van der Waals surface area contributed by atoms with Crippen LogP contribution in [0.4, 0.5) is 13.2 Å². The molecule has 4 rings (SSSR count). The van der Waals surface area contributed by atoms with Crippen LogP contribution >= 0.6 is 0 Å². The number of nitrogens with zero attached hydrogens (tertiary/aromatic N) is 1. The first kappa shape index (κ1) is 32.2. The molecule has 1 aliphatic rings. The number of aliphatic hydroxyl groups is 2. The van der Waals surface area contributed by atoms with E-state index in [9.17, 15) is 19.1 Å². The minimum atomic E-state index is -1.74. The fraction of sp³-hybridized carbons (Fsp3) is 0.394. The lowest BCUT2D eigenvalue weighted by molar-refractivity contribution is -0.123. The normalized spacial score (nSPS) is 16.5. The number of carbonyl (C=O) groups excluding carboxylic acids is 2. The number of aryl methyl sites for hydroxylation is 1. The molecule has 1 fully saturated rings. The molecule has 230 valence electrons. The Bertz CT molecular complexity index is 1470. The summed E-state index contributed by atoms with van der Waals surface area (Å²) in [6, 6.07) is 13.0. The Morgan fingerprint density at radius 2 is 1.84 bits per heavy atom. The van der Waals surface area contributed by atoms with Crippen LogP contribution < -0.4 is 10.6 Å². The predicted octanol–water partition coefficient (Wildman–Crippen LogP) is 4.43. The predicted molar refractivity (Wildman–Crippen MR) is 158 cm³/mol. The van der Waals surface area contributed by atoms with Crippen molar-refractivity contribution >= 4 is 11.8 Å². The number of amides is 2. The standard InChI is InChI=1S/C33H38F3N3O4/c1-21-9-12-27(34)25(16-21)31-26(7-3-8-28(31)35)33(43,13-5-14-38-30(41)20-40)23-6-4-15-39(19-23)32(42)24-11-10-22(18-37-2)17-29(24)36/h3,7-12,16-17,23,37,40,43H,4-6,13-15,18-20H2,1-2H3,(H,38,41)/t23-,33+/m1/s1. The number of carbonyl (C=O) groups is 2. The maximum Gasteiger partial charge on any atom is 0.256 e. The highest BCUT2D eigenvalue weighted by atomic mass is 19.1. The minimum Gasteiger partial charge on any atom is -0.387 e. The minimum absolute atomic E-state index is 0.00702. The lowest BCUT2D eigenvalue weighted by Gasteiger charge is -2.43. The second kappa shape index (κ2) is 14.2. The van der Waals surface area contributed by atoms with Gasteiger partial charge < -0.3 is 25.7 Å². The fourth-order valence-corrected chi connectivity index (χ4v) is 5.96. The SMILES string of the molecule is CNCc1ccc(C(=O)N2CCC[C@@H]([C@@](O)(CCCNC(=O)CO)c3cccc(F)c3-c3cc(C)ccc3F)C2)c(F)c1. The van der Waals surface area contributed by atoms with Gasteiger partial charge in [0.05, 0.1) is 11.2 Å². The zero-order valence-electron chi connectivity index (χ0n) is 24.4. The van der Waals surface area contributed by atoms with E-state index < -0.39 is 47.4 Å². The van der Waals surface area contributed by atoms with E-state index in [1.807, 2.05) is 0 Å². The van der Waals surface area contributed by atoms with Crippen LogP contribution in [-0.2, 0) is 16.9 Å². The highest BCUT2D eigenvalue weighted by Crippen LogP contribution is 2.45. The Balaban J connectivity index is 1.72. The molecule has 0 aliphatic carbocycles. The number of benzene rings is 3. The van der Waals surface area contributed by atoms with Gasteiger partial charge in [-0.15, -0.1) is 0 Å². The third kappa shape index (κ3) is 7.26. The lowest BCUT2D eigenvalue weighted by atomic mass is 9.72. The molecule has 1 heterocycles. The molecule has 3 aromatic carbocycles. The first-order valence-electron chi connectivity index (χ1n) is 14.5. The van der Waals surface area contributed by atoms with Crippen molar-refractivity contribution in [1.82, 2.24) is 15.5 Å². The van der Waals surface area contributed by atoms with Gasteiger partial charge in [0.15, 0.2) is 0 Å². The van der Waals surface area contributed by atoms with Crippen LogP contribution in [-0.4, -0.2) is 60.2 Å². The molecule has 4 N–H and O–H groups in total. The number of piperidine rings is 1. The van der Waals surface area contributed by atoms with Crippen LogP contribution in [0.5, 0.6) is 0 Å². The molecule has 0 bridgehead atoms. The number of aliphatic hydroxyl groups excluding tert-OH is 1. The molecule has 1 aliphatic heterocycles. The molecule has 2 amide bonds. The van der Waals surface area contributed by atoms with Gasteiger partial charge in [0, 0.05) is 43.2 Å². The van der Waals surface area contributed by atoms with Gasteiger partial charge in [-0.1, -0.05) is 29.8 Å². The maximum absolute atomic E-state index is 15.6. The summed E-state index contributed by atoms with van der Waals surface area (Å²) in [6.07, 6.45) is 1.27. The maximum atomic E-state index is 15.6. The topological polar surface area (TPSA) is 102 Å². The molecule has 3 aromatic rings. The monoisotopic (exact) mass is 597 g/mol. The second-order valence-corrected chi connectivity index (χ2v) is 11.1. The molecule has 0 saturated carbocycles. The molecule has 0 spiro atoms. The molecule has 2 atom stereocenters. The lowest BCUT2D eigenvalue weighted by Crippen LogP contribution is -2.48. The Labute approximate surface area is 249 Å². The smallest absolute Gasteiger partial charge is 0.256 e. The Hall–Kier alpha value is -3.73. The van der Waals surface area contributed by atoms with E-state index in [4.69, 9.17) is 5.11 Å². The van der Waals surface area contributed by atoms with Gasteiger partial charge in [-0.25, -0.2) is 13.2 Å². The van der Waals surface area contributed by atoms with Crippen LogP contribution in [0.2, 0.25) is 0 Å². The number of rotatable bonds is 11. The molecule has 1 saturated heterocycles. The van der Waals surface area contributed by atoms with Crippen LogP contribution in [0.1, 0.15) is 52.7 Å². The third-order valence-corrected chi connectivity index (χ3v) is 8.10. The number of halogens is 3. The van der Waals surface area contributed by atoms with Crippen molar-refractivity contribution in [3.8, 4) is 11.1 Å². The van der Waals surface area contributed by atoms with Gasteiger partial charge in [0.25, 0.3) is 5.91 Å². The second-order valence-electron chi connectivity index (χ2n) is 11.1. The van der Waals surface area contributed by atoms with Gasteiger partial charge in [0.1, 0.15) is 24.1 Å². The van der Waals surface area contributed by atoms with Gasteiger partial charge in [0.2, 0.25) is 5.91 Å². The summed E-state index contributed by atoms with van der Waals surface area (Å²) >= 11 is 0. The summed E-state index contributed by atoms with van der Waals surface area (Å²) < 4.78 is 45.7. The van der Waals surface area contributed by atoms with E-state index in [0.717, 1.165) is 0 Å². The van der Waals surface area contributed by atoms with E-state index in [-0.39, 0.29) is 48.2 Å². The van der Waals surface area contributed by atoms with Crippen LogP contribution in [0.25, 0.3) is 11.1 Å². The summed E-state index contributed by atoms with van der Waals surface area (Å²) in [6.45, 7) is 2.05. The molecule has 10 heteroatoms. The molecule has 0 unspecified atom stereocenters. The van der Waals surface area contributed by atoms with E-state index >= 15 is 8.78 Å². The molecule has 43 heavy (non-hydrogen) atoms. The zero-order chi connectivity index (χ0) is 31.1. The Kier molecular flexibility index (Phi) is 10.6. The highest BCUT2D eigenvalue weighted by molar-refractivity contribution is 5.94. The first-order chi connectivity index (χ1) is 20.6. The molecule has 7 nitrogen and oxygen atoms in total. The van der Waals surface area contributed by atoms with E-state index in [1.165, 1.54) is 41.3 Å².